The van der Waals surface area contributed by atoms with Crippen LogP contribution in [0.5, 0.6) is 0 Å². The molecule has 20 heavy (non-hydrogen) atoms. The Kier molecular flexibility index (Phi) is 11.7. The minimum Gasteiger partial charge on any atom is -1.00 e. The molecule has 2 rings (SSSR count). The Balaban J connectivity index is 0. The first kappa shape index (κ1) is 22.2. The zero-order chi connectivity index (χ0) is 13.6. The van der Waals surface area contributed by atoms with Gasteiger partial charge in [-0.1, -0.05) is 55.4 Å². The third-order valence-electron chi connectivity index (χ3n) is 4.03. The topological polar surface area (TPSA) is 0 Å². The molecule has 0 amide bonds. The molecular weight excluding hydrogens is 353 g/mol. The predicted molar refractivity (Wildman–Crippen MR) is 82.7 cm³/mol. The Labute approximate surface area is 144 Å². The summed E-state index contributed by atoms with van der Waals surface area (Å²) in [6.45, 7) is 11.1. The van der Waals surface area contributed by atoms with Gasteiger partial charge in [-0.3, -0.25) is 0 Å². The van der Waals surface area contributed by atoms with E-state index in [1.807, 2.05) is 0 Å². The van der Waals surface area contributed by atoms with E-state index in [9.17, 15) is 0 Å². The number of rotatable bonds is 0. The van der Waals surface area contributed by atoms with Crippen molar-refractivity contribution in [2.75, 3.05) is 0 Å². The van der Waals surface area contributed by atoms with Crippen LogP contribution in [0.4, 0.5) is 0 Å². The normalized spacial score (nSPS) is 22.9. The molecule has 2 aliphatic rings. The Morgan fingerprint density at radius 1 is 0.800 bits per heavy atom. The molecule has 0 aromatic carbocycles. The van der Waals surface area contributed by atoms with Crippen LogP contribution in [0.15, 0.2) is 47.1 Å². The van der Waals surface area contributed by atoms with Gasteiger partial charge in [0.1, 0.15) is 0 Å². The first-order valence-electron chi connectivity index (χ1n) is 7.13. The smallest absolute Gasteiger partial charge is 1.00 e. The van der Waals surface area contributed by atoms with E-state index >= 15 is 0 Å². The van der Waals surface area contributed by atoms with E-state index in [2.05, 4.69) is 65.0 Å². The van der Waals surface area contributed by atoms with Crippen molar-refractivity contribution in [3.63, 3.8) is 0 Å². The van der Waals surface area contributed by atoms with Gasteiger partial charge in [0.15, 0.2) is 0 Å². The number of hydrogen-bond donors (Lipinski definition) is 0. The van der Waals surface area contributed by atoms with Gasteiger partial charge in [0.25, 0.3) is 0 Å². The summed E-state index contributed by atoms with van der Waals surface area (Å²) >= 11 is 0. The van der Waals surface area contributed by atoms with Gasteiger partial charge in [0.2, 0.25) is 0 Å². The summed E-state index contributed by atoms with van der Waals surface area (Å²) in [6, 6.07) is 0. The van der Waals surface area contributed by atoms with E-state index in [-0.39, 0.29) is 31.9 Å². The van der Waals surface area contributed by atoms with Crippen LogP contribution < -0.4 is 12.4 Å². The van der Waals surface area contributed by atoms with Crippen LogP contribution in [-0.4, -0.2) is 0 Å². The molecule has 115 valence electrons. The molecule has 0 aromatic heterocycles. The monoisotopic (exact) mass is 381 g/mol. The van der Waals surface area contributed by atoms with Crippen molar-refractivity contribution in [2.45, 2.75) is 60.3 Å². The van der Waals surface area contributed by atoms with Crippen LogP contribution in [0, 0.1) is 5.41 Å². The van der Waals surface area contributed by atoms with Crippen LogP contribution >= 0.6 is 0 Å². The van der Waals surface area contributed by atoms with E-state index in [1.165, 1.54) is 42.4 Å². The van der Waals surface area contributed by atoms with Crippen molar-refractivity contribution >= 4 is 0 Å². The van der Waals surface area contributed by atoms with Gasteiger partial charge < -0.3 is 12.4 Å². The molecule has 1 radical (unpaired) electrons. The number of allylic oxidation sites excluding steroid dienone is 8. The summed E-state index contributed by atoms with van der Waals surface area (Å²) in [6.07, 6.45) is 16.3. The Morgan fingerprint density at radius 2 is 1.15 bits per heavy atom. The summed E-state index contributed by atoms with van der Waals surface area (Å²) in [7, 11) is 0. The van der Waals surface area contributed by atoms with Crippen molar-refractivity contribution in [1.82, 2.24) is 0 Å². The molecule has 0 saturated carbocycles. The second-order valence-corrected chi connectivity index (χ2v) is 5.90. The predicted octanol–water partition coefficient (Wildman–Crippen LogP) is 2.98. The summed E-state index contributed by atoms with van der Waals surface area (Å²) < 4.78 is 0. The van der Waals surface area contributed by atoms with Gasteiger partial charge in [-0.2, -0.15) is 0 Å². The summed E-state index contributed by atoms with van der Waals surface area (Å²) in [4.78, 5) is 0. The molecule has 0 fully saturated rings. The van der Waals surface area contributed by atoms with Crippen molar-refractivity contribution in [2.24, 2.45) is 5.41 Å². The van der Waals surface area contributed by atoms with Gasteiger partial charge in [0.05, 0.1) is 0 Å². The summed E-state index contributed by atoms with van der Waals surface area (Å²) in [5.74, 6) is 0. The summed E-state index contributed by atoms with van der Waals surface area (Å²) in [5, 5.41) is 0. The molecule has 2 aliphatic carbocycles. The molecule has 0 unspecified atom stereocenters. The molecule has 0 aromatic rings. The third-order valence-corrected chi connectivity index (χ3v) is 4.03. The maximum Gasteiger partial charge on any atom is 1.00 e. The maximum atomic E-state index is 2.34. The van der Waals surface area contributed by atoms with E-state index in [0.29, 0.717) is 5.41 Å². The third kappa shape index (κ3) is 7.05. The van der Waals surface area contributed by atoms with Gasteiger partial charge in [0, 0.05) is 5.41 Å². The summed E-state index contributed by atoms with van der Waals surface area (Å²) in [5.41, 5.74) is 4.76. The molecule has 0 atom stereocenters. The molecule has 0 aliphatic heterocycles. The van der Waals surface area contributed by atoms with E-state index in [0.717, 1.165) is 0 Å². The van der Waals surface area contributed by atoms with Crippen LogP contribution in [0.25, 0.3) is 0 Å². The van der Waals surface area contributed by atoms with Crippen molar-refractivity contribution in [3.8, 4) is 0 Å². The van der Waals surface area contributed by atoms with Gasteiger partial charge in [-0.05, 0) is 52.0 Å². The Morgan fingerprint density at radius 3 is 1.30 bits per heavy atom. The molecule has 0 N–H and O–H groups in total. The van der Waals surface area contributed by atoms with Crippen LogP contribution in [0.2, 0.25) is 0 Å². The number of hydrogen-bond acceptors (Lipinski definition) is 0. The first-order chi connectivity index (χ1) is 8.45. The second kappa shape index (κ2) is 10.6. The van der Waals surface area contributed by atoms with E-state index in [4.69, 9.17) is 0 Å². The maximum absolute atomic E-state index is 2.34. The fraction of sp³-hybridized carbons (Fsp3) is 0.556. The van der Waals surface area contributed by atoms with Crippen molar-refractivity contribution in [3.05, 3.63) is 47.1 Å². The van der Waals surface area contributed by atoms with Gasteiger partial charge >= 0.3 is 19.5 Å². The number of halogens is 1. The van der Waals surface area contributed by atoms with Crippen LogP contribution in [0.3, 0.4) is 0 Å². The molecule has 0 bridgehead atoms. The average Bonchev–Trinajstić information content (AvgIpc) is 2.41. The van der Waals surface area contributed by atoms with Crippen molar-refractivity contribution < 1.29 is 31.9 Å². The first-order valence-corrected chi connectivity index (χ1v) is 7.13. The Bertz CT molecular complexity index is 372. The zero-order valence-electron chi connectivity index (χ0n) is 13.4. The SMILES string of the molecule is C1=C\CC/C=C\CC/1.CC1=CC(C)(C)C(C)=C1C.[Cl-].[Ru+]. The molecule has 2 heteroatoms. The largest absolute Gasteiger partial charge is 1.00 e. The molecular formula is C18H28ClRu. The van der Waals surface area contributed by atoms with Gasteiger partial charge in [-0.15, -0.1) is 0 Å². The Hall–Kier alpha value is -0.127. The molecule has 0 nitrogen and oxygen atoms in total. The molecule has 0 spiro atoms. The fourth-order valence-corrected chi connectivity index (χ4v) is 2.39. The van der Waals surface area contributed by atoms with Crippen molar-refractivity contribution in [1.29, 1.82) is 0 Å². The molecule has 0 saturated heterocycles. The van der Waals surface area contributed by atoms with E-state index in [1.54, 1.807) is 0 Å². The zero-order valence-corrected chi connectivity index (χ0v) is 15.9. The minimum atomic E-state index is 0. The fourth-order valence-electron chi connectivity index (χ4n) is 2.39. The quantitative estimate of drug-likeness (QED) is 0.447. The van der Waals surface area contributed by atoms with E-state index < -0.39 is 0 Å². The standard InChI is InChI=1S/C10H16.C8H12.ClH.Ru/c1-7-6-10(4,5)9(3)8(7)2;1-2-4-6-8-7-5-3-1;;/h6H,1-5H3;1-2,7-8H,3-6H2;1H;/q;;;+1/p-1/b;2-1-,8-7-;;. The van der Waals surface area contributed by atoms with Gasteiger partial charge in [-0.25, -0.2) is 0 Å². The average molecular weight is 381 g/mol. The minimum absolute atomic E-state index is 0. The van der Waals surface area contributed by atoms with Crippen LogP contribution in [-0.2, 0) is 19.5 Å². The second-order valence-electron chi connectivity index (χ2n) is 5.90. The molecule has 0 heterocycles. The van der Waals surface area contributed by atoms with Crippen LogP contribution in [0.1, 0.15) is 60.3 Å².